The van der Waals surface area contributed by atoms with Crippen molar-refractivity contribution >= 4 is 6.29 Å². The Labute approximate surface area is 145 Å². The van der Waals surface area contributed by atoms with Crippen LogP contribution in [0.4, 0.5) is 0 Å². The van der Waals surface area contributed by atoms with Crippen molar-refractivity contribution in [2.75, 3.05) is 0 Å². The molecule has 0 heterocycles. The highest BCUT2D eigenvalue weighted by molar-refractivity contribution is 5.54. The lowest BCUT2D eigenvalue weighted by atomic mass is 9.74. The van der Waals surface area contributed by atoms with E-state index in [1.165, 1.54) is 89.8 Å². The van der Waals surface area contributed by atoms with Gasteiger partial charge in [-0.3, -0.25) is 0 Å². The fourth-order valence-electron chi connectivity index (χ4n) is 5.07. The third-order valence-corrected chi connectivity index (χ3v) is 7.04. The van der Waals surface area contributed by atoms with Crippen molar-refractivity contribution in [3.8, 4) is 0 Å². The zero-order chi connectivity index (χ0) is 16.5. The molecule has 0 saturated heterocycles. The Morgan fingerprint density at radius 1 is 0.783 bits per heavy atom. The average Bonchev–Trinajstić information content (AvgIpc) is 2.57. The molecule has 0 aromatic rings. The highest BCUT2D eigenvalue weighted by Gasteiger charge is 2.24. The number of carbonyl (C=O) groups is 1. The zero-order valence-electron chi connectivity index (χ0n) is 15.8. The minimum Gasteiger partial charge on any atom is -0.303 e. The van der Waals surface area contributed by atoms with E-state index in [-0.39, 0.29) is 0 Å². The summed E-state index contributed by atoms with van der Waals surface area (Å²) < 4.78 is 0. The topological polar surface area (TPSA) is 17.1 Å². The Hall–Kier alpha value is -0.330. The van der Waals surface area contributed by atoms with Gasteiger partial charge in [0.2, 0.25) is 0 Å². The van der Waals surface area contributed by atoms with Crippen LogP contribution in [0.25, 0.3) is 0 Å². The van der Waals surface area contributed by atoms with E-state index in [4.69, 9.17) is 0 Å². The molecule has 2 aliphatic rings. The van der Waals surface area contributed by atoms with E-state index in [1.807, 2.05) is 0 Å². The monoisotopic (exact) mass is 320 g/mol. The highest BCUT2D eigenvalue weighted by atomic mass is 16.1. The molecule has 0 aromatic heterocycles. The van der Waals surface area contributed by atoms with Crippen LogP contribution in [0, 0.1) is 29.6 Å². The van der Waals surface area contributed by atoms with Crippen LogP contribution in [0.5, 0.6) is 0 Å². The van der Waals surface area contributed by atoms with Crippen LogP contribution >= 0.6 is 0 Å². The fourth-order valence-corrected chi connectivity index (χ4v) is 5.07. The standard InChI is InChI=1S/C22H40O/c1-18-14-15-20(16-19(18)2)10-6-4-3-5-7-11-21-12-8-9-13-22(21)17-23/h17-22H,3-16H2,1-2H3. The normalized spacial score (nSPS) is 35.1. The van der Waals surface area contributed by atoms with Gasteiger partial charge in [0.1, 0.15) is 6.29 Å². The summed E-state index contributed by atoms with van der Waals surface area (Å²) in [4.78, 5) is 11.1. The summed E-state index contributed by atoms with van der Waals surface area (Å²) in [5, 5.41) is 0. The molecule has 0 radical (unpaired) electrons. The molecule has 0 aromatic carbocycles. The smallest absolute Gasteiger partial charge is 0.123 e. The van der Waals surface area contributed by atoms with Gasteiger partial charge in [-0.15, -0.1) is 0 Å². The molecule has 134 valence electrons. The Morgan fingerprint density at radius 2 is 1.48 bits per heavy atom. The number of carbonyl (C=O) groups excluding carboxylic acids is 1. The van der Waals surface area contributed by atoms with Gasteiger partial charge in [0.25, 0.3) is 0 Å². The number of hydrogen-bond acceptors (Lipinski definition) is 1. The maximum atomic E-state index is 11.1. The molecule has 2 aliphatic carbocycles. The fraction of sp³-hybridized carbons (Fsp3) is 0.955. The molecule has 0 bridgehead atoms. The summed E-state index contributed by atoms with van der Waals surface area (Å²) in [6.45, 7) is 4.89. The van der Waals surface area contributed by atoms with Crippen LogP contribution in [0.3, 0.4) is 0 Å². The van der Waals surface area contributed by atoms with Crippen molar-refractivity contribution in [3.63, 3.8) is 0 Å². The van der Waals surface area contributed by atoms with Gasteiger partial charge in [0.05, 0.1) is 0 Å². The first-order valence-corrected chi connectivity index (χ1v) is 10.7. The highest BCUT2D eigenvalue weighted by Crippen LogP contribution is 2.36. The lowest BCUT2D eigenvalue weighted by molar-refractivity contribution is -0.113. The molecule has 1 heteroatoms. The number of hydrogen-bond donors (Lipinski definition) is 0. The lowest BCUT2D eigenvalue weighted by Gasteiger charge is -2.32. The maximum Gasteiger partial charge on any atom is 0.123 e. The summed E-state index contributed by atoms with van der Waals surface area (Å²) in [7, 11) is 0. The van der Waals surface area contributed by atoms with Crippen LogP contribution in [-0.4, -0.2) is 6.29 Å². The zero-order valence-corrected chi connectivity index (χ0v) is 15.8. The summed E-state index contributed by atoms with van der Waals surface area (Å²) >= 11 is 0. The summed E-state index contributed by atoms with van der Waals surface area (Å²) in [6, 6.07) is 0. The van der Waals surface area contributed by atoms with Gasteiger partial charge in [-0.2, -0.15) is 0 Å². The van der Waals surface area contributed by atoms with Crippen molar-refractivity contribution in [3.05, 3.63) is 0 Å². The summed E-state index contributed by atoms with van der Waals surface area (Å²) in [5.74, 6) is 4.04. The number of rotatable bonds is 9. The Kier molecular flexibility index (Phi) is 8.69. The predicted molar refractivity (Wildman–Crippen MR) is 99.5 cm³/mol. The molecular weight excluding hydrogens is 280 g/mol. The largest absolute Gasteiger partial charge is 0.303 e. The molecule has 2 saturated carbocycles. The van der Waals surface area contributed by atoms with E-state index in [9.17, 15) is 4.79 Å². The molecule has 2 fully saturated rings. The first kappa shape index (κ1) is 19.0. The van der Waals surface area contributed by atoms with Gasteiger partial charge >= 0.3 is 0 Å². The van der Waals surface area contributed by atoms with Gasteiger partial charge in [0, 0.05) is 5.92 Å². The van der Waals surface area contributed by atoms with E-state index >= 15 is 0 Å². The second-order valence-corrected chi connectivity index (χ2v) is 8.82. The van der Waals surface area contributed by atoms with Crippen LogP contribution in [0.15, 0.2) is 0 Å². The van der Waals surface area contributed by atoms with Gasteiger partial charge in [-0.05, 0) is 49.4 Å². The second-order valence-electron chi connectivity index (χ2n) is 8.82. The van der Waals surface area contributed by atoms with Crippen LogP contribution in [0.2, 0.25) is 0 Å². The van der Waals surface area contributed by atoms with E-state index in [0.717, 1.165) is 24.2 Å². The van der Waals surface area contributed by atoms with Crippen LogP contribution in [0.1, 0.15) is 104 Å². The quantitative estimate of drug-likeness (QED) is 0.337. The van der Waals surface area contributed by atoms with Gasteiger partial charge in [-0.1, -0.05) is 78.1 Å². The van der Waals surface area contributed by atoms with Gasteiger partial charge in [-0.25, -0.2) is 0 Å². The summed E-state index contributed by atoms with van der Waals surface area (Å²) in [5.41, 5.74) is 0. The molecule has 0 aliphatic heterocycles. The minimum absolute atomic E-state index is 0.388. The maximum absolute atomic E-state index is 11.1. The Morgan fingerprint density at radius 3 is 2.22 bits per heavy atom. The number of aldehydes is 1. The Bertz CT molecular complexity index is 324. The van der Waals surface area contributed by atoms with Crippen molar-refractivity contribution in [1.29, 1.82) is 0 Å². The predicted octanol–water partition coefficient (Wildman–Crippen LogP) is 6.79. The molecule has 5 unspecified atom stereocenters. The molecule has 5 atom stereocenters. The molecule has 0 amide bonds. The molecule has 0 spiro atoms. The third kappa shape index (κ3) is 6.59. The first-order valence-electron chi connectivity index (χ1n) is 10.7. The van der Waals surface area contributed by atoms with Crippen LogP contribution < -0.4 is 0 Å². The van der Waals surface area contributed by atoms with Crippen LogP contribution in [-0.2, 0) is 4.79 Å². The molecule has 2 rings (SSSR count). The van der Waals surface area contributed by atoms with E-state index < -0.39 is 0 Å². The lowest BCUT2D eigenvalue weighted by Crippen LogP contribution is -2.20. The third-order valence-electron chi connectivity index (χ3n) is 7.04. The number of unbranched alkanes of at least 4 members (excludes halogenated alkanes) is 4. The average molecular weight is 321 g/mol. The summed E-state index contributed by atoms with van der Waals surface area (Å²) in [6.07, 6.45) is 20.6. The van der Waals surface area contributed by atoms with E-state index in [1.54, 1.807) is 0 Å². The molecular formula is C22H40O. The van der Waals surface area contributed by atoms with Crippen molar-refractivity contribution in [1.82, 2.24) is 0 Å². The molecule has 1 nitrogen and oxygen atoms in total. The van der Waals surface area contributed by atoms with Crippen molar-refractivity contribution < 1.29 is 4.79 Å². The van der Waals surface area contributed by atoms with Crippen molar-refractivity contribution in [2.45, 2.75) is 104 Å². The van der Waals surface area contributed by atoms with Gasteiger partial charge < -0.3 is 4.79 Å². The minimum atomic E-state index is 0.388. The molecule has 0 N–H and O–H groups in total. The first-order chi connectivity index (χ1) is 11.2. The molecule has 23 heavy (non-hydrogen) atoms. The Balaban J connectivity index is 1.46. The SMILES string of the molecule is CC1CCC(CCCCCCCC2CCCCC2C=O)CC1C. The van der Waals surface area contributed by atoms with Gasteiger partial charge in [0.15, 0.2) is 0 Å². The second kappa shape index (κ2) is 10.5. The van der Waals surface area contributed by atoms with Crippen molar-refractivity contribution in [2.24, 2.45) is 29.6 Å². The van der Waals surface area contributed by atoms with E-state index in [0.29, 0.717) is 11.8 Å². The van der Waals surface area contributed by atoms with E-state index in [2.05, 4.69) is 13.8 Å².